The van der Waals surface area contributed by atoms with E-state index in [0.717, 1.165) is 46.9 Å². The van der Waals surface area contributed by atoms with Gasteiger partial charge in [0, 0.05) is 26.7 Å². The van der Waals surface area contributed by atoms with Gasteiger partial charge in [-0.2, -0.15) is 0 Å². The van der Waals surface area contributed by atoms with Crippen LogP contribution in [0.5, 0.6) is 5.75 Å². The smallest absolute Gasteiger partial charge is 0.249 e. The van der Waals surface area contributed by atoms with Crippen LogP contribution < -0.4 is 15.0 Å². The maximum atomic E-state index is 13.1. The third-order valence-electron chi connectivity index (χ3n) is 5.85. The van der Waals surface area contributed by atoms with Crippen LogP contribution in [-0.2, 0) is 22.4 Å². The van der Waals surface area contributed by atoms with Crippen LogP contribution in [-0.4, -0.2) is 37.7 Å². The summed E-state index contributed by atoms with van der Waals surface area (Å²) in [6.07, 6.45) is 3.03. The Morgan fingerprint density at radius 3 is 2.64 bits per heavy atom. The number of ether oxygens (including phenoxy) is 1. The molecule has 0 fully saturated rings. The Bertz CT molecular complexity index is 1250. The standard InChI is InChI=1S/C25H22ClN3O3S/c1-32-18-11-5-15(6-12-18)24-23-19-3-2-4-20(19)33-25(23)29(22(31)13-27-24)14-21(30)28-17-9-7-16(26)8-10-17/h5-12H,2-4,13-14H2,1H3,(H,28,30). The fourth-order valence-electron chi connectivity index (χ4n) is 4.27. The van der Waals surface area contributed by atoms with E-state index in [2.05, 4.69) is 5.32 Å². The van der Waals surface area contributed by atoms with Gasteiger partial charge in [-0.05, 0) is 73.4 Å². The summed E-state index contributed by atoms with van der Waals surface area (Å²) in [5.74, 6) is 0.310. The second kappa shape index (κ2) is 9.00. The Hall–Kier alpha value is -3.16. The first kappa shape index (κ1) is 21.7. The summed E-state index contributed by atoms with van der Waals surface area (Å²) >= 11 is 7.54. The fraction of sp³-hybridized carbons (Fsp3) is 0.240. The van der Waals surface area contributed by atoms with Crippen molar-refractivity contribution in [2.24, 2.45) is 4.99 Å². The third kappa shape index (κ3) is 4.26. The highest BCUT2D eigenvalue weighted by Crippen LogP contribution is 2.43. The minimum absolute atomic E-state index is 0.00817. The molecule has 0 saturated heterocycles. The van der Waals surface area contributed by atoms with Crippen molar-refractivity contribution >= 4 is 51.2 Å². The molecule has 8 heteroatoms. The molecule has 3 aromatic rings. The van der Waals surface area contributed by atoms with E-state index in [1.807, 2.05) is 24.3 Å². The number of hydrogen-bond donors (Lipinski definition) is 1. The van der Waals surface area contributed by atoms with Gasteiger partial charge >= 0.3 is 0 Å². The number of fused-ring (bicyclic) bond motifs is 3. The molecule has 168 valence electrons. The van der Waals surface area contributed by atoms with Gasteiger partial charge in [0.2, 0.25) is 11.8 Å². The maximum Gasteiger partial charge on any atom is 0.249 e. The van der Waals surface area contributed by atoms with Crippen LogP contribution in [0.1, 0.15) is 28.0 Å². The molecular formula is C25H22ClN3O3S. The summed E-state index contributed by atoms with van der Waals surface area (Å²) in [4.78, 5) is 33.5. The van der Waals surface area contributed by atoms with E-state index in [1.54, 1.807) is 47.6 Å². The fourth-order valence-corrected chi connectivity index (χ4v) is 5.80. The van der Waals surface area contributed by atoms with Crippen LogP contribution in [0.25, 0.3) is 0 Å². The lowest BCUT2D eigenvalue weighted by molar-refractivity contribution is -0.120. The molecule has 2 aliphatic rings. The molecule has 1 N–H and O–H groups in total. The Balaban J connectivity index is 1.49. The number of halogens is 1. The van der Waals surface area contributed by atoms with Crippen LogP contribution in [0.15, 0.2) is 53.5 Å². The Morgan fingerprint density at radius 1 is 1.15 bits per heavy atom. The molecule has 1 aliphatic carbocycles. The number of amides is 2. The molecule has 33 heavy (non-hydrogen) atoms. The Labute approximate surface area is 200 Å². The number of carbonyl (C=O) groups excluding carboxylic acids is 2. The topological polar surface area (TPSA) is 71.0 Å². The third-order valence-corrected chi connectivity index (χ3v) is 7.42. The van der Waals surface area contributed by atoms with E-state index in [-0.39, 0.29) is 24.9 Å². The molecule has 2 heterocycles. The minimum Gasteiger partial charge on any atom is -0.497 e. The number of aryl methyl sites for hydroxylation is 1. The summed E-state index contributed by atoms with van der Waals surface area (Å²) in [6, 6.07) is 14.6. The van der Waals surface area contributed by atoms with Crippen molar-refractivity contribution in [2.75, 3.05) is 30.4 Å². The highest BCUT2D eigenvalue weighted by molar-refractivity contribution is 7.17. The minimum atomic E-state index is -0.266. The van der Waals surface area contributed by atoms with Gasteiger partial charge in [0.1, 0.15) is 23.8 Å². The number of anilines is 2. The zero-order chi connectivity index (χ0) is 22.9. The van der Waals surface area contributed by atoms with Crippen molar-refractivity contribution in [1.29, 1.82) is 0 Å². The summed E-state index contributed by atoms with van der Waals surface area (Å²) in [6.45, 7) is -0.0783. The lowest BCUT2D eigenvalue weighted by Gasteiger charge is -2.20. The average molecular weight is 480 g/mol. The first-order chi connectivity index (χ1) is 16.0. The first-order valence-corrected chi connectivity index (χ1v) is 11.9. The van der Waals surface area contributed by atoms with Crippen LogP contribution in [0.4, 0.5) is 10.7 Å². The molecule has 2 aromatic carbocycles. The van der Waals surface area contributed by atoms with E-state index in [0.29, 0.717) is 10.7 Å². The zero-order valence-corrected chi connectivity index (χ0v) is 19.6. The van der Waals surface area contributed by atoms with Crippen molar-refractivity contribution in [3.63, 3.8) is 0 Å². The van der Waals surface area contributed by atoms with Gasteiger partial charge in [0.15, 0.2) is 0 Å². The van der Waals surface area contributed by atoms with E-state index in [1.165, 1.54) is 10.4 Å². The second-order valence-corrected chi connectivity index (χ2v) is 9.49. The maximum absolute atomic E-state index is 13.1. The normalized spacial score (nSPS) is 14.9. The van der Waals surface area contributed by atoms with Gasteiger partial charge in [0.05, 0.1) is 12.8 Å². The van der Waals surface area contributed by atoms with Crippen LogP contribution in [0.3, 0.4) is 0 Å². The zero-order valence-electron chi connectivity index (χ0n) is 18.1. The molecule has 0 atom stereocenters. The van der Waals surface area contributed by atoms with Crippen molar-refractivity contribution in [1.82, 2.24) is 0 Å². The SMILES string of the molecule is COc1ccc(C2=NCC(=O)N(CC(=O)Nc3ccc(Cl)cc3)c3sc4c(c32)CCC4)cc1. The number of aliphatic imine (C=N–C) groups is 1. The lowest BCUT2D eigenvalue weighted by Crippen LogP contribution is -2.38. The summed E-state index contributed by atoms with van der Waals surface area (Å²) in [7, 11) is 1.63. The van der Waals surface area contributed by atoms with Crippen LogP contribution in [0.2, 0.25) is 5.02 Å². The largest absolute Gasteiger partial charge is 0.497 e. The van der Waals surface area contributed by atoms with E-state index in [9.17, 15) is 9.59 Å². The predicted octanol–water partition coefficient (Wildman–Crippen LogP) is 4.72. The highest BCUT2D eigenvalue weighted by Gasteiger charge is 2.33. The van der Waals surface area contributed by atoms with Crippen molar-refractivity contribution in [3.05, 3.63) is 75.1 Å². The molecule has 6 nitrogen and oxygen atoms in total. The molecule has 0 spiro atoms. The van der Waals surface area contributed by atoms with Crippen LogP contribution in [0, 0.1) is 0 Å². The summed E-state index contributed by atoms with van der Waals surface area (Å²) in [5.41, 5.74) is 4.62. The second-order valence-electron chi connectivity index (χ2n) is 7.97. The molecule has 0 unspecified atom stereocenters. The van der Waals surface area contributed by atoms with E-state index in [4.69, 9.17) is 21.3 Å². The Kier molecular flexibility index (Phi) is 5.91. The quantitative estimate of drug-likeness (QED) is 0.575. The molecule has 5 rings (SSSR count). The average Bonchev–Trinajstić information content (AvgIpc) is 3.38. The monoisotopic (exact) mass is 479 g/mol. The van der Waals surface area contributed by atoms with Gasteiger partial charge in [-0.1, -0.05) is 11.6 Å². The Morgan fingerprint density at radius 2 is 1.91 bits per heavy atom. The van der Waals surface area contributed by atoms with Gasteiger partial charge in [-0.15, -0.1) is 11.3 Å². The summed E-state index contributed by atoms with van der Waals surface area (Å²) in [5, 5.41) is 4.26. The number of benzene rings is 2. The predicted molar refractivity (Wildman–Crippen MR) is 132 cm³/mol. The van der Waals surface area contributed by atoms with Gasteiger partial charge in [0.25, 0.3) is 0 Å². The van der Waals surface area contributed by atoms with Crippen molar-refractivity contribution in [2.45, 2.75) is 19.3 Å². The molecule has 2 amide bonds. The molecule has 1 aliphatic heterocycles. The number of thiophene rings is 1. The first-order valence-electron chi connectivity index (χ1n) is 10.7. The number of nitrogens with zero attached hydrogens (tertiary/aromatic N) is 2. The highest BCUT2D eigenvalue weighted by atomic mass is 35.5. The van der Waals surface area contributed by atoms with E-state index >= 15 is 0 Å². The number of nitrogens with one attached hydrogen (secondary N) is 1. The number of methoxy groups -OCH3 is 1. The van der Waals surface area contributed by atoms with Gasteiger partial charge in [-0.3, -0.25) is 19.5 Å². The number of hydrogen-bond acceptors (Lipinski definition) is 5. The molecule has 1 aromatic heterocycles. The molecule has 0 bridgehead atoms. The molecule has 0 radical (unpaired) electrons. The molecule has 0 saturated carbocycles. The number of carbonyl (C=O) groups is 2. The van der Waals surface area contributed by atoms with Crippen molar-refractivity contribution in [3.8, 4) is 5.75 Å². The van der Waals surface area contributed by atoms with Gasteiger partial charge < -0.3 is 10.1 Å². The van der Waals surface area contributed by atoms with Gasteiger partial charge in [-0.25, -0.2) is 0 Å². The number of rotatable bonds is 5. The van der Waals surface area contributed by atoms with E-state index < -0.39 is 0 Å². The lowest BCUT2D eigenvalue weighted by atomic mass is 9.99. The van der Waals surface area contributed by atoms with Crippen LogP contribution >= 0.6 is 22.9 Å². The summed E-state index contributed by atoms with van der Waals surface area (Å²) < 4.78 is 5.29. The molecular weight excluding hydrogens is 458 g/mol. The van der Waals surface area contributed by atoms with Crippen molar-refractivity contribution < 1.29 is 14.3 Å².